The number of fused-ring (bicyclic) bond motifs is 2. The topological polar surface area (TPSA) is 55.4 Å². The molecule has 2 fully saturated rings. The van der Waals surface area contributed by atoms with Gasteiger partial charge in [-0.2, -0.15) is 0 Å². The summed E-state index contributed by atoms with van der Waals surface area (Å²) < 4.78 is 32.2. The molecule has 2 aliphatic rings. The van der Waals surface area contributed by atoms with E-state index in [9.17, 15) is 18.4 Å². The SMILES string of the molecule is COC(=O)[C@@H]1[C@H]2CC[C@@H](C2)[C@@H]1NC(=O)c1c(F)cccc1F. The predicted octanol–water partition coefficient (Wildman–Crippen LogP) is 2.28. The van der Waals surface area contributed by atoms with Crippen LogP contribution in [0.1, 0.15) is 29.6 Å². The number of benzene rings is 1. The minimum Gasteiger partial charge on any atom is -0.469 e. The number of methoxy groups -OCH3 is 1. The molecule has 0 aliphatic heterocycles. The molecule has 6 heteroatoms. The third kappa shape index (κ3) is 2.36. The highest BCUT2D eigenvalue weighted by Crippen LogP contribution is 2.49. The van der Waals surface area contributed by atoms with Gasteiger partial charge in [0.25, 0.3) is 5.91 Å². The molecular formula is C16H17F2NO3. The Bertz CT molecular complexity index is 599. The molecule has 0 heterocycles. The molecule has 0 unspecified atom stereocenters. The summed E-state index contributed by atoms with van der Waals surface area (Å²) >= 11 is 0. The normalized spacial score (nSPS) is 29.4. The van der Waals surface area contributed by atoms with Crippen molar-refractivity contribution in [3.63, 3.8) is 0 Å². The maximum atomic E-state index is 13.7. The van der Waals surface area contributed by atoms with Gasteiger partial charge in [0.15, 0.2) is 0 Å². The zero-order valence-corrected chi connectivity index (χ0v) is 12.1. The lowest BCUT2D eigenvalue weighted by Crippen LogP contribution is -2.47. The molecule has 1 aromatic carbocycles. The van der Waals surface area contributed by atoms with Crippen molar-refractivity contribution < 1.29 is 23.1 Å². The highest BCUT2D eigenvalue weighted by Gasteiger charge is 2.52. The Morgan fingerprint density at radius 1 is 1.18 bits per heavy atom. The highest BCUT2D eigenvalue weighted by atomic mass is 19.1. The van der Waals surface area contributed by atoms with E-state index in [1.54, 1.807) is 0 Å². The number of hydrogen-bond acceptors (Lipinski definition) is 3. The average Bonchev–Trinajstić information content (AvgIpc) is 3.07. The van der Waals surface area contributed by atoms with Crippen molar-refractivity contribution in [3.8, 4) is 0 Å². The van der Waals surface area contributed by atoms with Gasteiger partial charge >= 0.3 is 5.97 Å². The van der Waals surface area contributed by atoms with Crippen molar-refractivity contribution in [1.29, 1.82) is 0 Å². The Hall–Kier alpha value is -1.98. The van der Waals surface area contributed by atoms with Crippen LogP contribution in [-0.4, -0.2) is 25.0 Å². The number of rotatable bonds is 3. The molecule has 3 rings (SSSR count). The molecule has 0 spiro atoms. The molecule has 0 saturated heterocycles. The second kappa shape index (κ2) is 5.66. The van der Waals surface area contributed by atoms with Crippen molar-refractivity contribution >= 4 is 11.9 Å². The lowest BCUT2D eigenvalue weighted by molar-refractivity contribution is -0.148. The van der Waals surface area contributed by atoms with Crippen LogP contribution in [-0.2, 0) is 9.53 Å². The number of carbonyl (C=O) groups excluding carboxylic acids is 2. The summed E-state index contributed by atoms with van der Waals surface area (Å²) in [7, 11) is 1.31. The zero-order valence-electron chi connectivity index (χ0n) is 12.1. The Morgan fingerprint density at radius 2 is 1.82 bits per heavy atom. The molecule has 0 aromatic heterocycles. The summed E-state index contributed by atoms with van der Waals surface area (Å²) in [5.74, 6) is -3.09. The van der Waals surface area contributed by atoms with Gasteiger partial charge in [0.05, 0.1) is 13.0 Å². The fourth-order valence-corrected chi connectivity index (χ4v) is 3.91. The van der Waals surface area contributed by atoms with Crippen molar-refractivity contribution in [2.24, 2.45) is 17.8 Å². The first-order valence-electron chi connectivity index (χ1n) is 7.35. The first-order valence-corrected chi connectivity index (χ1v) is 7.35. The van der Waals surface area contributed by atoms with E-state index < -0.39 is 35.1 Å². The lowest BCUT2D eigenvalue weighted by atomic mass is 9.84. The first kappa shape index (κ1) is 14.9. The molecule has 4 atom stereocenters. The van der Waals surface area contributed by atoms with Crippen LogP contribution in [0.3, 0.4) is 0 Å². The number of halogens is 2. The van der Waals surface area contributed by atoms with Gasteiger partial charge in [0.2, 0.25) is 0 Å². The van der Waals surface area contributed by atoms with Gasteiger partial charge in [0.1, 0.15) is 17.2 Å². The van der Waals surface area contributed by atoms with E-state index in [-0.39, 0.29) is 17.8 Å². The predicted molar refractivity (Wildman–Crippen MR) is 73.9 cm³/mol. The van der Waals surface area contributed by atoms with Crippen molar-refractivity contribution in [2.45, 2.75) is 25.3 Å². The van der Waals surface area contributed by atoms with Crippen LogP contribution in [0.2, 0.25) is 0 Å². The van der Waals surface area contributed by atoms with Gasteiger partial charge in [-0.1, -0.05) is 6.07 Å². The molecule has 2 bridgehead atoms. The van der Waals surface area contributed by atoms with Gasteiger partial charge in [-0.3, -0.25) is 9.59 Å². The van der Waals surface area contributed by atoms with Gasteiger partial charge in [-0.05, 0) is 43.2 Å². The quantitative estimate of drug-likeness (QED) is 0.872. The molecular weight excluding hydrogens is 292 g/mol. The molecule has 1 amide bonds. The molecule has 1 N–H and O–H groups in total. The van der Waals surface area contributed by atoms with E-state index in [1.165, 1.54) is 13.2 Å². The molecule has 2 saturated carbocycles. The number of carbonyl (C=O) groups is 2. The monoisotopic (exact) mass is 309 g/mol. The van der Waals surface area contributed by atoms with Crippen LogP contribution in [0.15, 0.2) is 18.2 Å². The van der Waals surface area contributed by atoms with Gasteiger partial charge in [-0.25, -0.2) is 8.78 Å². The lowest BCUT2D eigenvalue weighted by Gasteiger charge is -2.29. The molecule has 22 heavy (non-hydrogen) atoms. The minimum absolute atomic E-state index is 0.160. The van der Waals surface area contributed by atoms with E-state index in [2.05, 4.69) is 5.32 Å². The third-order valence-electron chi connectivity index (χ3n) is 4.88. The summed E-state index contributed by atoms with van der Waals surface area (Å²) in [6.07, 6.45) is 2.66. The van der Waals surface area contributed by atoms with Gasteiger partial charge in [-0.15, -0.1) is 0 Å². The number of amides is 1. The average molecular weight is 309 g/mol. The van der Waals surface area contributed by atoms with E-state index in [0.29, 0.717) is 0 Å². The number of ether oxygens (including phenoxy) is 1. The second-order valence-electron chi connectivity index (χ2n) is 5.98. The van der Waals surface area contributed by atoms with Crippen LogP contribution in [0.5, 0.6) is 0 Å². The molecule has 118 valence electrons. The fraction of sp³-hybridized carbons (Fsp3) is 0.500. The van der Waals surface area contributed by atoms with Crippen molar-refractivity contribution in [1.82, 2.24) is 5.32 Å². The molecule has 4 nitrogen and oxygen atoms in total. The van der Waals surface area contributed by atoms with E-state index in [1.807, 2.05) is 0 Å². The summed E-state index contributed by atoms with van der Waals surface area (Å²) in [6.45, 7) is 0. The van der Waals surface area contributed by atoms with Crippen molar-refractivity contribution in [3.05, 3.63) is 35.4 Å². The highest BCUT2D eigenvalue weighted by molar-refractivity contribution is 5.95. The Morgan fingerprint density at radius 3 is 2.45 bits per heavy atom. The fourth-order valence-electron chi connectivity index (χ4n) is 3.91. The van der Waals surface area contributed by atoms with E-state index in [0.717, 1.165) is 31.4 Å². The maximum Gasteiger partial charge on any atom is 0.311 e. The summed E-state index contributed by atoms with van der Waals surface area (Å²) in [4.78, 5) is 24.2. The van der Waals surface area contributed by atoms with Crippen LogP contribution < -0.4 is 5.32 Å². The Balaban J connectivity index is 1.82. The molecule has 1 aromatic rings. The van der Waals surface area contributed by atoms with E-state index in [4.69, 9.17) is 4.74 Å². The summed E-state index contributed by atoms with van der Waals surface area (Å²) in [6, 6.07) is 2.86. The van der Waals surface area contributed by atoms with Crippen LogP contribution in [0.4, 0.5) is 8.78 Å². The maximum absolute atomic E-state index is 13.7. The summed E-state index contributed by atoms with van der Waals surface area (Å²) in [5.41, 5.74) is -0.603. The minimum atomic E-state index is -0.907. The third-order valence-corrected chi connectivity index (χ3v) is 4.88. The van der Waals surface area contributed by atoms with Crippen molar-refractivity contribution in [2.75, 3.05) is 7.11 Å². The van der Waals surface area contributed by atoms with Gasteiger partial charge in [0, 0.05) is 6.04 Å². The smallest absolute Gasteiger partial charge is 0.311 e. The van der Waals surface area contributed by atoms with Crippen LogP contribution in [0, 0.1) is 29.4 Å². The molecule has 0 radical (unpaired) electrons. The first-order chi connectivity index (χ1) is 10.5. The van der Waals surface area contributed by atoms with Crippen LogP contribution >= 0.6 is 0 Å². The van der Waals surface area contributed by atoms with Crippen LogP contribution in [0.25, 0.3) is 0 Å². The standard InChI is InChI=1S/C16H17F2NO3/c1-22-16(21)12-8-5-6-9(7-8)14(12)19-15(20)13-10(17)3-2-4-11(13)18/h2-4,8-9,12,14H,5-7H2,1H3,(H,19,20)/t8-,9-,12+,14-/m0/s1. The number of nitrogens with one attached hydrogen (secondary N) is 1. The largest absolute Gasteiger partial charge is 0.469 e. The number of esters is 1. The molecule has 2 aliphatic carbocycles. The zero-order chi connectivity index (χ0) is 15.9. The van der Waals surface area contributed by atoms with Gasteiger partial charge < -0.3 is 10.1 Å². The Labute approximate surface area is 126 Å². The number of hydrogen-bond donors (Lipinski definition) is 1. The Kier molecular flexibility index (Phi) is 3.85. The second-order valence-corrected chi connectivity index (χ2v) is 5.98. The van der Waals surface area contributed by atoms with E-state index >= 15 is 0 Å². The summed E-state index contributed by atoms with van der Waals surface area (Å²) in [5, 5.41) is 2.65.